The van der Waals surface area contributed by atoms with Gasteiger partial charge in [0.15, 0.2) is 0 Å². The third-order valence-electron chi connectivity index (χ3n) is 3.60. The fourth-order valence-corrected chi connectivity index (χ4v) is 2.21. The van der Waals surface area contributed by atoms with Crippen LogP contribution in [-0.2, 0) is 14.2 Å². The Balaban J connectivity index is 2.01. The van der Waals surface area contributed by atoms with Gasteiger partial charge in [0.1, 0.15) is 5.75 Å². The summed E-state index contributed by atoms with van der Waals surface area (Å²) in [6.45, 7) is 5.52. The third kappa shape index (κ3) is 9.53. The van der Waals surface area contributed by atoms with Crippen LogP contribution in [-0.4, -0.2) is 37.2 Å². The monoisotopic (exact) mass is 338 g/mol. The predicted molar refractivity (Wildman–Crippen MR) is 93.1 cm³/mol. The molecule has 0 radical (unpaired) electrons. The summed E-state index contributed by atoms with van der Waals surface area (Å²) in [5.41, 5.74) is 0.377. The Hall–Kier alpha value is -1.59. The van der Waals surface area contributed by atoms with E-state index in [0.29, 0.717) is 18.8 Å². The van der Waals surface area contributed by atoms with Crippen LogP contribution in [0.15, 0.2) is 24.3 Å². The number of hydrogen-bond donors (Lipinski definition) is 1. The summed E-state index contributed by atoms with van der Waals surface area (Å²) in [6.07, 6.45) is 6.82. The number of aromatic hydroxyl groups is 1. The van der Waals surface area contributed by atoms with Gasteiger partial charge in [-0.3, -0.25) is 0 Å². The Labute approximate surface area is 144 Å². The molecule has 0 amide bonds. The van der Waals surface area contributed by atoms with E-state index in [1.54, 1.807) is 6.92 Å². The number of benzene rings is 1. The number of phenolic OH excluding ortho intramolecular Hbond substituents is 1. The van der Waals surface area contributed by atoms with Crippen molar-refractivity contribution in [2.75, 3.05) is 19.8 Å². The number of ether oxygens (including phenoxy) is 3. The van der Waals surface area contributed by atoms with Crippen molar-refractivity contribution in [1.29, 1.82) is 0 Å². The average Bonchev–Trinajstić information content (AvgIpc) is 2.57. The SMILES string of the molecule is CCCCCCCCOCCOC(C)OC(=O)c1ccc(O)cc1. The van der Waals surface area contributed by atoms with Crippen molar-refractivity contribution in [2.24, 2.45) is 0 Å². The van der Waals surface area contributed by atoms with Gasteiger partial charge in [-0.05, 0) is 37.6 Å². The summed E-state index contributed by atoms with van der Waals surface area (Å²) < 4.78 is 16.1. The average molecular weight is 338 g/mol. The maximum atomic E-state index is 11.8. The second-order valence-electron chi connectivity index (χ2n) is 5.77. The molecule has 24 heavy (non-hydrogen) atoms. The van der Waals surface area contributed by atoms with Crippen molar-refractivity contribution >= 4 is 5.97 Å². The molecule has 0 fully saturated rings. The first-order chi connectivity index (χ1) is 11.6. The van der Waals surface area contributed by atoms with E-state index >= 15 is 0 Å². The molecule has 0 saturated heterocycles. The summed E-state index contributed by atoms with van der Waals surface area (Å²) in [5, 5.41) is 9.19. The van der Waals surface area contributed by atoms with E-state index in [1.165, 1.54) is 56.4 Å². The Kier molecular flexibility index (Phi) is 10.9. The molecule has 0 bridgehead atoms. The first-order valence-electron chi connectivity index (χ1n) is 8.83. The van der Waals surface area contributed by atoms with Crippen LogP contribution in [0.1, 0.15) is 62.7 Å². The number of phenols is 1. The van der Waals surface area contributed by atoms with Crippen molar-refractivity contribution in [3.8, 4) is 5.75 Å². The molecule has 0 aliphatic heterocycles. The number of hydrogen-bond acceptors (Lipinski definition) is 5. The molecule has 1 rings (SSSR count). The van der Waals surface area contributed by atoms with Crippen molar-refractivity contribution in [1.82, 2.24) is 0 Å². The van der Waals surface area contributed by atoms with Crippen LogP contribution < -0.4 is 0 Å². The lowest BCUT2D eigenvalue weighted by Crippen LogP contribution is -2.20. The molecule has 0 aliphatic carbocycles. The highest BCUT2D eigenvalue weighted by atomic mass is 16.7. The van der Waals surface area contributed by atoms with Crippen LogP contribution in [0.2, 0.25) is 0 Å². The Morgan fingerprint density at radius 3 is 2.38 bits per heavy atom. The first-order valence-corrected chi connectivity index (χ1v) is 8.83. The highest BCUT2D eigenvalue weighted by molar-refractivity contribution is 5.89. The minimum Gasteiger partial charge on any atom is -0.508 e. The van der Waals surface area contributed by atoms with Gasteiger partial charge < -0.3 is 19.3 Å². The molecule has 0 spiro atoms. The van der Waals surface area contributed by atoms with Gasteiger partial charge in [0.2, 0.25) is 6.29 Å². The normalized spacial score (nSPS) is 12.1. The molecule has 1 aromatic rings. The molecule has 0 aliphatic rings. The topological polar surface area (TPSA) is 65.0 Å². The van der Waals surface area contributed by atoms with Crippen LogP contribution >= 0.6 is 0 Å². The van der Waals surface area contributed by atoms with Crippen LogP contribution in [0.4, 0.5) is 0 Å². The van der Waals surface area contributed by atoms with Crippen molar-refractivity contribution in [3.63, 3.8) is 0 Å². The Morgan fingerprint density at radius 1 is 1.00 bits per heavy atom. The fourth-order valence-electron chi connectivity index (χ4n) is 2.21. The molecule has 0 heterocycles. The molecule has 0 aromatic heterocycles. The molecule has 5 nitrogen and oxygen atoms in total. The molecule has 1 N–H and O–H groups in total. The molecule has 136 valence electrons. The van der Waals surface area contributed by atoms with Gasteiger partial charge in [-0.1, -0.05) is 39.0 Å². The number of carbonyl (C=O) groups is 1. The molecule has 1 aromatic carbocycles. The second-order valence-corrected chi connectivity index (χ2v) is 5.77. The smallest absolute Gasteiger partial charge is 0.340 e. The standard InChI is InChI=1S/C19H30O5/c1-3-4-5-6-7-8-13-22-14-15-23-16(2)24-19(21)17-9-11-18(20)12-10-17/h9-12,16,20H,3-8,13-15H2,1-2H3. The molecular weight excluding hydrogens is 308 g/mol. The summed E-state index contributed by atoms with van der Waals surface area (Å²) in [4.78, 5) is 11.8. The maximum absolute atomic E-state index is 11.8. The van der Waals surface area contributed by atoms with E-state index in [9.17, 15) is 9.90 Å². The summed E-state index contributed by atoms with van der Waals surface area (Å²) in [6, 6.07) is 5.90. The molecule has 1 atom stereocenters. The summed E-state index contributed by atoms with van der Waals surface area (Å²) >= 11 is 0. The zero-order valence-corrected chi connectivity index (χ0v) is 14.8. The summed E-state index contributed by atoms with van der Waals surface area (Å²) in [7, 11) is 0. The molecule has 5 heteroatoms. The van der Waals surface area contributed by atoms with Gasteiger partial charge in [-0.25, -0.2) is 4.79 Å². The third-order valence-corrected chi connectivity index (χ3v) is 3.60. The van der Waals surface area contributed by atoms with E-state index in [0.717, 1.165) is 13.0 Å². The van der Waals surface area contributed by atoms with E-state index in [1.807, 2.05) is 0 Å². The second kappa shape index (κ2) is 12.8. The lowest BCUT2D eigenvalue weighted by Gasteiger charge is -2.14. The highest BCUT2D eigenvalue weighted by Gasteiger charge is 2.12. The minimum atomic E-state index is -0.635. The van der Waals surface area contributed by atoms with Gasteiger partial charge in [0.25, 0.3) is 0 Å². The van der Waals surface area contributed by atoms with E-state index < -0.39 is 12.3 Å². The lowest BCUT2D eigenvalue weighted by molar-refractivity contribution is -0.109. The lowest BCUT2D eigenvalue weighted by atomic mass is 10.1. The predicted octanol–water partition coefficient (Wildman–Crippen LogP) is 4.29. The quantitative estimate of drug-likeness (QED) is 0.330. The highest BCUT2D eigenvalue weighted by Crippen LogP contribution is 2.11. The molecular formula is C19H30O5. The molecule has 0 saturated carbocycles. The van der Waals surface area contributed by atoms with Crippen LogP contribution in [0.3, 0.4) is 0 Å². The number of unbranched alkanes of at least 4 members (excludes halogenated alkanes) is 5. The van der Waals surface area contributed by atoms with E-state index in [-0.39, 0.29) is 5.75 Å². The van der Waals surface area contributed by atoms with Crippen molar-refractivity contribution in [3.05, 3.63) is 29.8 Å². The maximum Gasteiger partial charge on any atom is 0.340 e. The number of carbonyl (C=O) groups excluding carboxylic acids is 1. The van der Waals surface area contributed by atoms with Gasteiger partial charge in [0, 0.05) is 6.61 Å². The number of esters is 1. The van der Waals surface area contributed by atoms with Gasteiger partial charge >= 0.3 is 5.97 Å². The van der Waals surface area contributed by atoms with Crippen LogP contribution in [0.25, 0.3) is 0 Å². The van der Waals surface area contributed by atoms with Crippen molar-refractivity contribution < 1.29 is 24.1 Å². The number of rotatable bonds is 13. The molecule has 1 unspecified atom stereocenters. The van der Waals surface area contributed by atoms with E-state index in [2.05, 4.69) is 6.92 Å². The zero-order chi connectivity index (χ0) is 17.6. The van der Waals surface area contributed by atoms with Gasteiger partial charge in [-0.2, -0.15) is 0 Å². The first kappa shape index (κ1) is 20.5. The minimum absolute atomic E-state index is 0.110. The van der Waals surface area contributed by atoms with Crippen LogP contribution in [0, 0.1) is 0 Å². The van der Waals surface area contributed by atoms with Gasteiger partial charge in [-0.15, -0.1) is 0 Å². The van der Waals surface area contributed by atoms with Crippen molar-refractivity contribution in [2.45, 2.75) is 58.7 Å². The Bertz CT molecular complexity index is 444. The zero-order valence-electron chi connectivity index (χ0n) is 14.8. The van der Waals surface area contributed by atoms with E-state index in [4.69, 9.17) is 14.2 Å². The van der Waals surface area contributed by atoms with Gasteiger partial charge in [0.05, 0.1) is 18.8 Å². The summed E-state index contributed by atoms with van der Waals surface area (Å²) in [5.74, 6) is -0.367. The Morgan fingerprint density at radius 2 is 1.67 bits per heavy atom. The largest absolute Gasteiger partial charge is 0.508 e. The van der Waals surface area contributed by atoms with Crippen LogP contribution in [0.5, 0.6) is 5.75 Å². The fraction of sp³-hybridized carbons (Fsp3) is 0.632.